The second kappa shape index (κ2) is 8.25. The number of likely N-dealkylation sites (N-methyl/N-ethyl adjacent to an activating group) is 1. The fourth-order valence-corrected chi connectivity index (χ4v) is 2.09. The largest absolute Gasteiger partial charge is 0.373 e. The second-order valence-electron chi connectivity index (χ2n) is 4.93. The topological polar surface area (TPSA) is 32.3 Å². The van der Waals surface area contributed by atoms with Crippen LogP contribution in [0, 0.1) is 0 Å². The molecule has 0 aromatic heterocycles. The number of hydrogen-bond acceptors (Lipinski definition) is 2. The molecule has 0 saturated heterocycles. The summed E-state index contributed by atoms with van der Waals surface area (Å²) in [6, 6.07) is 17.4. The van der Waals surface area contributed by atoms with Crippen molar-refractivity contribution in [1.29, 1.82) is 0 Å². The Hall–Kier alpha value is -2.26. The molecule has 2 aromatic carbocycles. The van der Waals surface area contributed by atoms with Crippen LogP contribution in [-0.2, 0) is 4.79 Å². The Labute approximate surface area is 136 Å². The van der Waals surface area contributed by atoms with Gasteiger partial charge in [0, 0.05) is 36.9 Å². The van der Waals surface area contributed by atoms with Gasteiger partial charge in [-0.1, -0.05) is 41.9 Å². The summed E-state index contributed by atoms with van der Waals surface area (Å²) in [5, 5.41) is 3.56. The first kappa shape index (κ1) is 16.1. The van der Waals surface area contributed by atoms with Crippen molar-refractivity contribution in [3.05, 3.63) is 71.3 Å². The van der Waals surface area contributed by atoms with Gasteiger partial charge in [0.05, 0.1) is 0 Å². The van der Waals surface area contributed by atoms with Crippen molar-refractivity contribution in [1.82, 2.24) is 5.32 Å². The Morgan fingerprint density at radius 3 is 2.50 bits per heavy atom. The Morgan fingerprint density at radius 2 is 1.82 bits per heavy atom. The van der Waals surface area contributed by atoms with Gasteiger partial charge in [0.2, 0.25) is 5.91 Å². The highest BCUT2D eigenvalue weighted by atomic mass is 35.5. The van der Waals surface area contributed by atoms with Crippen molar-refractivity contribution in [3.63, 3.8) is 0 Å². The van der Waals surface area contributed by atoms with Crippen molar-refractivity contribution < 1.29 is 4.79 Å². The van der Waals surface area contributed by atoms with E-state index in [9.17, 15) is 4.79 Å². The SMILES string of the molecule is CN(CCNC(=O)/C=C/c1ccc(Cl)cc1)c1ccccc1. The Bertz CT molecular complexity index is 623. The lowest BCUT2D eigenvalue weighted by Crippen LogP contribution is -2.31. The molecule has 0 aliphatic carbocycles. The molecule has 0 aliphatic rings. The molecule has 0 saturated carbocycles. The molecule has 4 heteroatoms. The molecule has 2 aromatic rings. The number of rotatable bonds is 6. The smallest absolute Gasteiger partial charge is 0.244 e. The molecule has 1 amide bonds. The number of nitrogens with zero attached hydrogens (tertiary/aromatic N) is 1. The van der Waals surface area contributed by atoms with Crippen LogP contribution in [0.4, 0.5) is 5.69 Å². The maximum absolute atomic E-state index is 11.8. The van der Waals surface area contributed by atoms with E-state index in [1.54, 1.807) is 18.2 Å². The first-order valence-electron chi connectivity index (χ1n) is 7.13. The van der Waals surface area contributed by atoms with E-state index in [2.05, 4.69) is 10.2 Å². The highest BCUT2D eigenvalue weighted by molar-refractivity contribution is 6.30. The van der Waals surface area contributed by atoms with Crippen LogP contribution < -0.4 is 10.2 Å². The van der Waals surface area contributed by atoms with Gasteiger partial charge < -0.3 is 10.2 Å². The molecule has 0 heterocycles. The molecule has 0 aliphatic heterocycles. The van der Waals surface area contributed by atoms with Gasteiger partial charge in [-0.05, 0) is 35.9 Å². The summed E-state index contributed by atoms with van der Waals surface area (Å²) in [5.74, 6) is -0.101. The van der Waals surface area contributed by atoms with Gasteiger partial charge in [0.15, 0.2) is 0 Å². The van der Waals surface area contributed by atoms with Crippen LogP contribution in [0.25, 0.3) is 6.08 Å². The van der Waals surface area contributed by atoms with Gasteiger partial charge in [-0.2, -0.15) is 0 Å². The third-order valence-corrected chi connectivity index (χ3v) is 3.49. The fourth-order valence-electron chi connectivity index (χ4n) is 1.96. The zero-order valence-corrected chi connectivity index (χ0v) is 13.3. The number of para-hydroxylation sites is 1. The van der Waals surface area contributed by atoms with Gasteiger partial charge in [0.1, 0.15) is 0 Å². The number of amides is 1. The van der Waals surface area contributed by atoms with E-state index in [-0.39, 0.29) is 5.91 Å². The normalized spacial score (nSPS) is 10.6. The van der Waals surface area contributed by atoms with Gasteiger partial charge >= 0.3 is 0 Å². The van der Waals surface area contributed by atoms with E-state index in [0.29, 0.717) is 11.6 Å². The number of benzene rings is 2. The lowest BCUT2D eigenvalue weighted by atomic mass is 10.2. The maximum Gasteiger partial charge on any atom is 0.244 e. The second-order valence-corrected chi connectivity index (χ2v) is 5.37. The van der Waals surface area contributed by atoms with Crippen LogP contribution in [-0.4, -0.2) is 26.0 Å². The van der Waals surface area contributed by atoms with Crippen molar-refractivity contribution in [2.45, 2.75) is 0 Å². The van der Waals surface area contributed by atoms with Gasteiger partial charge in [-0.15, -0.1) is 0 Å². The van der Waals surface area contributed by atoms with Crippen molar-refractivity contribution in [2.75, 3.05) is 25.0 Å². The zero-order valence-electron chi connectivity index (χ0n) is 12.5. The van der Waals surface area contributed by atoms with Gasteiger partial charge in [-0.3, -0.25) is 4.79 Å². The van der Waals surface area contributed by atoms with E-state index in [1.165, 1.54) is 6.08 Å². The van der Waals surface area contributed by atoms with Crippen molar-refractivity contribution in [2.24, 2.45) is 0 Å². The highest BCUT2D eigenvalue weighted by Gasteiger charge is 2.00. The lowest BCUT2D eigenvalue weighted by Gasteiger charge is -2.19. The van der Waals surface area contributed by atoms with Crippen LogP contribution in [0.2, 0.25) is 5.02 Å². The number of carbonyl (C=O) groups is 1. The predicted molar refractivity (Wildman–Crippen MR) is 93.2 cm³/mol. The molecule has 22 heavy (non-hydrogen) atoms. The highest BCUT2D eigenvalue weighted by Crippen LogP contribution is 2.11. The molecule has 0 radical (unpaired) electrons. The van der Waals surface area contributed by atoms with E-state index in [4.69, 9.17) is 11.6 Å². The van der Waals surface area contributed by atoms with Crippen LogP contribution in [0.3, 0.4) is 0 Å². The van der Waals surface area contributed by atoms with Crippen molar-refractivity contribution in [3.8, 4) is 0 Å². The summed E-state index contributed by atoms with van der Waals surface area (Å²) in [7, 11) is 2.00. The van der Waals surface area contributed by atoms with Crippen LogP contribution in [0.5, 0.6) is 0 Å². The third kappa shape index (κ3) is 5.26. The molecular weight excluding hydrogens is 296 g/mol. The molecule has 0 unspecified atom stereocenters. The molecule has 0 atom stereocenters. The monoisotopic (exact) mass is 314 g/mol. The molecule has 0 spiro atoms. The average Bonchev–Trinajstić information content (AvgIpc) is 2.55. The van der Waals surface area contributed by atoms with Crippen LogP contribution >= 0.6 is 11.6 Å². The van der Waals surface area contributed by atoms with Gasteiger partial charge in [-0.25, -0.2) is 0 Å². The van der Waals surface area contributed by atoms with Crippen LogP contribution in [0.1, 0.15) is 5.56 Å². The molecule has 114 valence electrons. The summed E-state index contributed by atoms with van der Waals surface area (Å²) < 4.78 is 0. The Balaban J connectivity index is 1.75. The Morgan fingerprint density at radius 1 is 1.14 bits per heavy atom. The standard InChI is InChI=1S/C18H19ClN2O/c1-21(17-5-3-2-4-6-17)14-13-20-18(22)12-9-15-7-10-16(19)11-8-15/h2-12H,13-14H2,1H3,(H,20,22)/b12-9+. The van der Waals surface area contributed by atoms with Crippen LogP contribution in [0.15, 0.2) is 60.7 Å². The number of halogens is 1. The average molecular weight is 315 g/mol. The predicted octanol–water partition coefficient (Wildman–Crippen LogP) is 3.61. The van der Waals surface area contributed by atoms with E-state index < -0.39 is 0 Å². The summed E-state index contributed by atoms with van der Waals surface area (Å²) >= 11 is 5.82. The summed E-state index contributed by atoms with van der Waals surface area (Å²) in [6.45, 7) is 1.35. The van der Waals surface area contributed by atoms with Crippen molar-refractivity contribution >= 4 is 29.3 Å². The van der Waals surface area contributed by atoms with E-state index in [0.717, 1.165) is 17.8 Å². The number of carbonyl (C=O) groups excluding carboxylic acids is 1. The Kier molecular flexibility index (Phi) is 6.04. The minimum atomic E-state index is -0.101. The molecule has 1 N–H and O–H groups in total. The van der Waals surface area contributed by atoms with E-state index in [1.807, 2.05) is 49.5 Å². The quantitative estimate of drug-likeness (QED) is 0.826. The minimum Gasteiger partial charge on any atom is -0.373 e. The first-order valence-corrected chi connectivity index (χ1v) is 7.50. The van der Waals surface area contributed by atoms with E-state index >= 15 is 0 Å². The molecule has 0 fully saturated rings. The summed E-state index contributed by atoms with van der Waals surface area (Å²) in [4.78, 5) is 13.9. The fraction of sp³-hybridized carbons (Fsp3) is 0.167. The molecule has 0 bridgehead atoms. The van der Waals surface area contributed by atoms with Gasteiger partial charge in [0.25, 0.3) is 0 Å². The lowest BCUT2D eigenvalue weighted by molar-refractivity contribution is -0.116. The third-order valence-electron chi connectivity index (χ3n) is 3.24. The number of nitrogens with one attached hydrogen (secondary N) is 1. The number of anilines is 1. The molecular formula is C18H19ClN2O. The maximum atomic E-state index is 11.8. The minimum absolute atomic E-state index is 0.101. The molecule has 3 nitrogen and oxygen atoms in total. The summed E-state index contributed by atoms with van der Waals surface area (Å²) in [6.07, 6.45) is 3.30. The number of hydrogen-bond donors (Lipinski definition) is 1. The zero-order chi connectivity index (χ0) is 15.8. The molecule has 2 rings (SSSR count). The summed E-state index contributed by atoms with van der Waals surface area (Å²) in [5.41, 5.74) is 2.08. The first-order chi connectivity index (χ1) is 10.6.